The Balaban J connectivity index is 2.47. The van der Waals surface area contributed by atoms with E-state index < -0.39 is 0 Å². The predicted octanol–water partition coefficient (Wildman–Crippen LogP) is 4.89. The zero-order valence-electron chi connectivity index (χ0n) is 15.6. The molecule has 23 heavy (non-hydrogen) atoms. The standard InChI is InChI=1S/C20H32N2O/c1-7-10-23-17-8-9-20-18(11-17)19(12-21-15(4)5)16(6)22(20)13-14(2)3/h8-9,11,14-15,21H,7,10,12-13H2,1-6H3. The number of aromatic nitrogens is 1. The van der Waals surface area contributed by atoms with E-state index in [1.807, 2.05) is 0 Å². The molecule has 128 valence electrons. The summed E-state index contributed by atoms with van der Waals surface area (Å²) in [5.41, 5.74) is 4.09. The van der Waals surface area contributed by atoms with Crippen molar-refractivity contribution in [1.29, 1.82) is 0 Å². The van der Waals surface area contributed by atoms with E-state index in [9.17, 15) is 0 Å². The van der Waals surface area contributed by atoms with Gasteiger partial charge in [0.15, 0.2) is 0 Å². The van der Waals surface area contributed by atoms with Crippen molar-refractivity contribution < 1.29 is 4.74 Å². The normalized spacial score (nSPS) is 11.8. The molecule has 0 bridgehead atoms. The van der Waals surface area contributed by atoms with E-state index in [0.717, 1.165) is 31.9 Å². The minimum absolute atomic E-state index is 0.484. The number of hydrogen-bond acceptors (Lipinski definition) is 2. The van der Waals surface area contributed by atoms with E-state index in [1.54, 1.807) is 0 Å². The summed E-state index contributed by atoms with van der Waals surface area (Å²) in [6.45, 7) is 16.0. The molecule has 1 heterocycles. The minimum Gasteiger partial charge on any atom is -0.494 e. The molecule has 1 aromatic carbocycles. The van der Waals surface area contributed by atoms with Crippen LogP contribution in [0, 0.1) is 12.8 Å². The van der Waals surface area contributed by atoms with Crippen LogP contribution in [0.4, 0.5) is 0 Å². The second-order valence-corrected chi connectivity index (χ2v) is 7.13. The average Bonchev–Trinajstić information content (AvgIpc) is 2.74. The number of hydrogen-bond donors (Lipinski definition) is 1. The lowest BCUT2D eigenvalue weighted by atomic mass is 10.1. The van der Waals surface area contributed by atoms with Crippen LogP contribution in [0.2, 0.25) is 0 Å². The molecule has 0 radical (unpaired) electrons. The van der Waals surface area contributed by atoms with E-state index in [4.69, 9.17) is 4.74 Å². The zero-order chi connectivity index (χ0) is 17.0. The lowest BCUT2D eigenvalue weighted by Crippen LogP contribution is -2.22. The van der Waals surface area contributed by atoms with Gasteiger partial charge in [0, 0.05) is 35.7 Å². The molecule has 0 unspecified atom stereocenters. The molecule has 0 spiro atoms. The van der Waals surface area contributed by atoms with E-state index in [0.29, 0.717) is 12.0 Å². The predicted molar refractivity (Wildman–Crippen MR) is 99.3 cm³/mol. The van der Waals surface area contributed by atoms with Crippen molar-refractivity contribution in [2.75, 3.05) is 6.61 Å². The summed E-state index contributed by atoms with van der Waals surface area (Å²) in [5.74, 6) is 1.61. The third-order valence-electron chi connectivity index (χ3n) is 4.13. The Morgan fingerprint density at radius 2 is 1.91 bits per heavy atom. The highest BCUT2D eigenvalue weighted by molar-refractivity contribution is 5.87. The molecule has 0 saturated carbocycles. The summed E-state index contributed by atoms with van der Waals surface area (Å²) in [5, 5.41) is 4.89. The van der Waals surface area contributed by atoms with Gasteiger partial charge in [-0.1, -0.05) is 34.6 Å². The lowest BCUT2D eigenvalue weighted by Gasteiger charge is -2.12. The molecule has 0 fully saturated rings. The molecule has 0 aliphatic carbocycles. The van der Waals surface area contributed by atoms with Crippen molar-refractivity contribution in [2.24, 2.45) is 5.92 Å². The van der Waals surface area contributed by atoms with Gasteiger partial charge in [0.05, 0.1) is 6.61 Å². The monoisotopic (exact) mass is 316 g/mol. The third kappa shape index (κ3) is 4.29. The molecule has 0 aliphatic heterocycles. The van der Waals surface area contributed by atoms with Crippen molar-refractivity contribution in [1.82, 2.24) is 9.88 Å². The van der Waals surface area contributed by atoms with Crippen molar-refractivity contribution in [3.8, 4) is 5.75 Å². The Bertz CT molecular complexity index is 641. The molecule has 1 N–H and O–H groups in total. The van der Waals surface area contributed by atoms with Crippen LogP contribution >= 0.6 is 0 Å². The van der Waals surface area contributed by atoms with Crippen LogP contribution < -0.4 is 10.1 Å². The fraction of sp³-hybridized carbons (Fsp3) is 0.600. The fourth-order valence-corrected chi connectivity index (χ4v) is 2.97. The lowest BCUT2D eigenvalue weighted by molar-refractivity contribution is 0.318. The number of rotatable bonds is 8. The minimum atomic E-state index is 0.484. The van der Waals surface area contributed by atoms with Crippen LogP contribution in [0.1, 0.15) is 52.3 Å². The number of nitrogens with zero attached hydrogens (tertiary/aromatic N) is 1. The molecule has 0 atom stereocenters. The smallest absolute Gasteiger partial charge is 0.120 e. The Labute approximate surface area is 141 Å². The second kappa shape index (κ2) is 7.87. The van der Waals surface area contributed by atoms with E-state index in [1.165, 1.54) is 22.2 Å². The Kier molecular flexibility index (Phi) is 6.11. The maximum atomic E-state index is 5.84. The van der Waals surface area contributed by atoms with Crippen LogP contribution in [0.5, 0.6) is 5.75 Å². The molecule has 0 amide bonds. The molecule has 2 rings (SSSR count). The number of benzene rings is 1. The topological polar surface area (TPSA) is 26.2 Å². The van der Waals surface area contributed by atoms with Crippen LogP contribution in [0.25, 0.3) is 10.9 Å². The largest absolute Gasteiger partial charge is 0.494 e. The van der Waals surface area contributed by atoms with Crippen LogP contribution in [0.15, 0.2) is 18.2 Å². The SMILES string of the molecule is CCCOc1ccc2c(c1)c(CNC(C)C)c(C)n2CC(C)C. The van der Waals surface area contributed by atoms with Gasteiger partial charge >= 0.3 is 0 Å². The molecule has 1 aromatic heterocycles. The van der Waals surface area contributed by atoms with Crippen molar-refractivity contribution in [2.45, 2.75) is 67.1 Å². The Morgan fingerprint density at radius 3 is 2.52 bits per heavy atom. The number of fused-ring (bicyclic) bond motifs is 1. The summed E-state index contributed by atoms with van der Waals surface area (Å²) in [7, 11) is 0. The maximum absolute atomic E-state index is 5.84. The van der Waals surface area contributed by atoms with E-state index in [-0.39, 0.29) is 0 Å². The van der Waals surface area contributed by atoms with Gasteiger partial charge in [-0.2, -0.15) is 0 Å². The van der Waals surface area contributed by atoms with Gasteiger partial charge < -0.3 is 14.6 Å². The van der Waals surface area contributed by atoms with Gasteiger partial charge in [-0.15, -0.1) is 0 Å². The highest BCUT2D eigenvalue weighted by atomic mass is 16.5. The van der Waals surface area contributed by atoms with Gasteiger partial charge in [0.1, 0.15) is 5.75 Å². The molecule has 0 aliphatic rings. The Hall–Kier alpha value is -1.48. The summed E-state index contributed by atoms with van der Waals surface area (Å²) in [4.78, 5) is 0. The molecule has 0 saturated heterocycles. The maximum Gasteiger partial charge on any atom is 0.120 e. The van der Waals surface area contributed by atoms with Gasteiger partial charge in [0.25, 0.3) is 0 Å². The van der Waals surface area contributed by atoms with Crippen LogP contribution in [-0.2, 0) is 13.1 Å². The third-order valence-corrected chi connectivity index (χ3v) is 4.13. The van der Waals surface area contributed by atoms with Crippen LogP contribution in [0.3, 0.4) is 0 Å². The molecular formula is C20H32N2O. The van der Waals surface area contributed by atoms with Crippen molar-refractivity contribution in [3.63, 3.8) is 0 Å². The molecule has 3 nitrogen and oxygen atoms in total. The highest BCUT2D eigenvalue weighted by Gasteiger charge is 2.15. The van der Waals surface area contributed by atoms with Gasteiger partial charge in [-0.05, 0) is 43.0 Å². The Morgan fingerprint density at radius 1 is 1.17 bits per heavy atom. The molecule has 3 heteroatoms. The zero-order valence-corrected chi connectivity index (χ0v) is 15.6. The van der Waals surface area contributed by atoms with Gasteiger partial charge in [-0.3, -0.25) is 0 Å². The van der Waals surface area contributed by atoms with E-state index in [2.05, 4.69) is 69.6 Å². The first-order chi connectivity index (χ1) is 10.9. The van der Waals surface area contributed by atoms with Crippen molar-refractivity contribution >= 4 is 10.9 Å². The summed E-state index contributed by atoms with van der Waals surface area (Å²) >= 11 is 0. The first-order valence-electron chi connectivity index (χ1n) is 8.91. The highest BCUT2D eigenvalue weighted by Crippen LogP contribution is 2.30. The first-order valence-corrected chi connectivity index (χ1v) is 8.91. The first kappa shape index (κ1) is 17.9. The van der Waals surface area contributed by atoms with Crippen molar-refractivity contribution in [3.05, 3.63) is 29.5 Å². The number of nitrogens with one attached hydrogen (secondary N) is 1. The summed E-state index contributed by atoms with van der Waals surface area (Å²) in [6, 6.07) is 7.02. The van der Waals surface area contributed by atoms with Gasteiger partial charge in [0.2, 0.25) is 0 Å². The summed E-state index contributed by atoms with van der Waals surface area (Å²) < 4.78 is 8.30. The van der Waals surface area contributed by atoms with E-state index >= 15 is 0 Å². The van der Waals surface area contributed by atoms with Gasteiger partial charge in [-0.25, -0.2) is 0 Å². The second-order valence-electron chi connectivity index (χ2n) is 7.13. The molecule has 2 aromatic rings. The average molecular weight is 316 g/mol. The fourth-order valence-electron chi connectivity index (χ4n) is 2.97. The number of ether oxygens (including phenoxy) is 1. The quantitative estimate of drug-likeness (QED) is 0.750. The van der Waals surface area contributed by atoms with Crippen LogP contribution in [-0.4, -0.2) is 17.2 Å². The molecular weight excluding hydrogens is 284 g/mol. The summed E-state index contributed by atoms with van der Waals surface area (Å²) in [6.07, 6.45) is 1.03.